The molecule has 0 spiro atoms. The summed E-state index contributed by atoms with van der Waals surface area (Å²) in [5.41, 5.74) is 5.36. The SMILES string of the molecule is Cc1ccc(CN2C(=O)C(C)Oc3ccc(NC(=O)/C=C/c4ccc(OCc5ccccc5)cc4)cc32)cc1. The summed E-state index contributed by atoms with van der Waals surface area (Å²) in [6.07, 6.45) is 2.64. The fourth-order valence-corrected chi connectivity index (χ4v) is 4.30. The molecule has 0 fully saturated rings. The van der Waals surface area contributed by atoms with E-state index in [9.17, 15) is 9.59 Å². The number of hydrogen-bond donors (Lipinski definition) is 1. The zero-order valence-electron chi connectivity index (χ0n) is 22.0. The van der Waals surface area contributed by atoms with E-state index in [1.165, 1.54) is 6.08 Å². The molecule has 0 saturated carbocycles. The first-order valence-corrected chi connectivity index (χ1v) is 12.9. The quantitative estimate of drug-likeness (QED) is 0.269. The minimum atomic E-state index is -0.582. The molecule has 2 amide bonds. The third-order valence-corrected chi connectivity index (χ3v) is 6.45. The van der Waals surface area contributed by atoms with Crippen molar-refractivity contribution in [3.05, 3.63) is 125 Å². The van der Waals surface area contributed by atoms with Crippen molar-refractivity contribution < 1.29 is 19.1 Å². The van der Waals surface area contributed by atoms with Crippen LogP contribution >= 0.6 is 0 Å². The standard InChI is InChI=1S/C33H30N2O4/c1-23-8-10-26(11-9-23)21-35-30-20-28(15-18-31(30)39-24(2)33(35)37)34-32(36)19-14-25-12-16-29(17-13-25)38-22-27-6-4-3-5-7-27/h3-20,24H,21-22H2,1-2H3,(H,34,36)/b19-14+. The van der Waals surface area contributed by atoms with Crippen LogP contribution in [0.15, 0.2) is 103 Å². The molecule has 0 radical (unpaired) electrons. The van der Waals surface area contributed by atoms with E-state index in [0.29, 0.717) is 30.3 Å². The highest BCUT2D eigenvalue weighted by molar-refractivity contribution is 6.04. The number of benzene rings is 4. The lowest BCUT2D eigenvalue weighted by atomic mass is 10.1. The topological polar surface area (TPSA) is 67.9 Å². The molecule has 1 N–H and O–H groups in total. The van der Waals surface area contributed by atoms with Crippen LogP contribution in [-0.2, 0) is 22.7 Å². The third-order valence-electron chi connectivity index (χ3n) is 6.45. The van der Waals surface area contributed by atoms with E-state index in [-0.39, 0.29) is 11.8 Å². The molecule has 0 aliphatic carbocycles. The van der Waals surface area contributed by atoms with Gasteiger partial charge in [0.25, 0.3) is 5.91 Å². The maximum absolute atomic E-state index is 13.0. The number of nitrogens with zero attached hydrogens (tertiary/aromatic N) is 1. The molecule has 1 unspecified atom stereocenters. The van der Waals surface area contributed by atoms with Crippen LogP contribution in [0.1, 0.15) is 29.2 Å². The van der Waals surface area contributed by atoms with Gasteiger partial charge in [0.2, 0.25) is 5.91 Å². The Balaban J connectivity index is 1.23. The van der Waals surface area contributed by atoms with E-state index in [1.54, 1.807) is 36.1 Å². The fraction of sp³-hybridized carbons (Fsp3) is 0.152. The van der Waals surface area contributed by atoms with Gasteiger partial charge >= 0.3 is 0 Å². The number of nitrogens with one attached hydrogen (secondary N) is 1. The zero-order valence-corrected chi connectivity index (χ0v) is 22.0. The third kappa shape index (κ3) is 6.54. The summed E-state index contributed by atoms with van der Waals surface area (Å²) in [4.78, 5) is 27.4. The Bertz CT molecular complexity index is 1480. The molecule has 1 heterocycles. The van der Waals surface area contributed by atoms with Crippen LogP contribution in [0.2, 0.25) is 0 Å². The molecule has 4 aromatic rings. The second kappa shape index (κ2) is 11.7. The molecule has 4 aromatic carbocycles. The summed E-state index contributed by atoms with van der Waals surface area (Å²) < 4.78 is 11.6. The number of anilines is 2. The summed E-state index contributed by atoms with van der Waals surface area (Å²) >= 11 is 0. The largest absolute Gasteiger partial charge is 0.489 e. The van der Waals surface area contributed by atoms with Gasteiger partial charge in [-0.1, -0.05) is 72.3 Å². The van der Waals surface area contributed by atoms with Crippen molar-refractivity contribution in [2.75, 3.05) is 10.2 Å². The fourth-order valence-electron chi connectivity index (χ4n) is 4.30. The Hall–Kier alpha value is -4.84. The number of fused-ring (bicyclic) bond motifs is 1. The average Bonchev–Trinajstić information content (AvgIpc) is 2.96. The van der Waals surface area contributed by atoms with Gasteiger partial charge in [-0.15, -0.1) is 0 Å². The van der Waals surface area contributed by atoms with Crippen molar-refractivity contribution >= 4 is 29.3 Å². The molecule has 39 heavy (non-hydrogen) atoms. The highest BCUT2D eigenvalue weighted by Gasteiger charge is 2.31. The molecule has 1 aliphatic rings. The highest BCUT2D eigenvalue weighted by atomic mass is 16.5. The number of hydrogen-bond acceptors (Lipinski definition) is 4. The number of carbonyl (C=O) groups excluding carboxylic acids is 2. The molecular formula is C33H30N2O4. The van der Waals surface area contributed by atoms with Gasteiger partial charge in [-0.2, -0.15) is 0 Å². The van der Waals surface area contributed by atoms with Crippen molar-refractivity contribution in [3.63, 3.8) is 0 Å². The Morgan fingerprint density at radius 1 is 0.949 bits per heavy atom. The molecule has 1 aliphatic heterocycles. The summed E-state index contributed by atoms with van der Waals surface area (Å²) in [7, 11) is 0. The van der Waals surface area contributed by atoms with E-state index in [0.717, 1.165) is 28.0 Å². The zero-order chi connectivity index (χ0) is 27.2. The van der Waals surface area contributed by atoms with Crippen LogP contribution in [0.3, 0.4) is 0 Å². The molecule has 0 aromatic heterocycles. The maximum Gasteiger partial charge on any atom is 0.268 e. The van der Waals surface area contributed by atoms with Crippen molar-refractivity contribution in [3.8, 4) is 11.5 Å². The van der Waals surface area contributed by atoms with Crippen LogP contribution in [-0.4, -0.2) is 17.9 Å². The van der Waals surface area contributed by atoms with Crippen LogP contribution in [0.5, 0.6) is 11.5 Å². The lowest BCUT2D eigenvalue weighted by Gasteiger charge is -2.33. The van der Waals surface area contributed by atoms with Crippen LogP contribution in [0.25, 0.3) is 6.08 Å². The monoisotopic (exact) mass is 518 g/mol. The average molecular weight is 519 g/mol. The molecule has 196 valence electrons. The van der Waals surface area contributed by atoms with Gasteiger partial charge in [-0.25, -0.2) is 0 Å². The summed E-state index contributed by atoms with van der Waals surface area (Å²) in [6.45, 7) is 4.69. The molecule has 0 saturated heterocycles. The maximum atomic E-state index is 13.0. The van der Waals surface area contributed by atoms with Gasteiger partial charge in [-0.3, -0.25) is 9.59 Å². The van der Waals surface area contributed by atoms with Gasteiger partial charge in [0.15, 0.2) is 6.10 Å². The van der Waals surface area contributed by atoms with Gasteiger partial charge in [0, 0.05) is 11.8 Å². The molecule has 6 heteroatoms. The lowest BCUT2D eigenvalue weighted by Crippen LogP contribution is -2.44. The highest BCUT2D eigenvalue weighted by Crippen LogP contribution is 2.37. The number of rotatable bonds is 8. The van der Waals surface area contributed by atoms with Gasteiger partial charge < -0.3 is 19.7 Å². The normalized spacial score (nSPS) is 14.6. The number of amides is 2. The van der Waals surface area contributed by atoms with Crippen LogP contribution in [0, 0.1) is 6.92 Å². The Labute approximate surface area is 228 Å². The minimum Gasteiger partial charge on any atom is -0.489 e. The van der Waals surface area contributed by atoms with E-state index >= 15 is 0 Å². The summed E-state index contributed by atoms with van der Waals surface area (Å²) in [5.74, 6) is 0.969. The van der Waals surface area contributed by atoms with Crippen molar-refractivity contribution in [1.29, 1.82) is 0 Å². The van der Waals surface area contributed by atoms with Crippen LogP contribution in [0.4, 0.5) is 11.4 Å². The van der Waals surface area contributed by atoms with Gasteiger partial charge in [-0.05, 0) is 66.9 Å². The second-order valence-corrected chi connectivity index (χ2v) is 9.52. The first-order chi connectivity index (χ1) is 18.9. The molecule has 6 nitrogen and oxygen atoms in total. The van der Waals surface area contributed by atoms with E-state index in [4.69, 9.17) is 9.47 Å². The molecule has 1 atom stereocenters. The van der Waals surface area contributed by atoms with E-state index in [2.05, 4.69) is 5.32 Å². The van der Waals surface area contributed by atoms with Gasteiger partial charge in [0.05, 0.1) is 12.2 Å². The minimum absolute atomic E-state index is 0.123. The predicted octanol–water partition coefficient (Wildman–Crippen LogP) is 6.54. The van der Waals surface area contributed by atoms with E-state index in [1.807, 2.05) is 85.8 Å². The summed E-state index contributed by atoms with van der Waals surface area (Å²) in [6, 6.07) is 31.0. The van der Waals surface area contributed by atoms with Crippen LogP contribution < -0.4 is 19.7 Å². The van der Waals surface area contributed by atoms with Crippen molar-refractivity contribution in [2.45, 2.75) is 33.1 Å². The lowest BCUT2D eigenvalue weighted by molar-refractivity contribution is -0.125. The Kier molecular flexibility index (Phi) is 7.73. The Morgan fingerprint density at radius 3 is 2.44 bits per heavy atom. The smallest absolute Gasteiger partial charge is 0.268 e. The summed E-state index contributed by atoms with van der Waals surface area (Å²) in [5, 5.41) is 2.89. The number of carbonyl (C=O) groups is 2. The first kappa shape index (κ1) is 25.8. The number of ether oxygens (including phenoxy) is 2. The van der Waals surface area contributed by atoms with Crippen molar-refractivity contribution in [1.82, 2.24) is 0 Å². The van der Waals surface area contributed by atoms with E-state index < -0.39 is 6.10 Å². The molecule has 0 bridgehead atoms. The predicted molar refractivity (Wildman–Crippen MR) is 154 cm³/mol. The Morgan fingerprint density at radius 2 is 1.69 bits per heavy atom. The van der Waals surface area contributed by atoms with Crippen molar-refractivity contribution in [2.24, 2.45) is 0 Å². The van der Waals surface area contributed by atoms with Gasteiger partial charge in [0.1, 0.15) is 18.1 Å². The first-order valence-electron chi connectivity index (χ1n) is 12.9. The molecular weight excluding hydrogens is 488 g/mol. The molecule has 5 rings (SSSR count). The second-order valence-electron chi connectivity index (χ2n) is 9.52. The number of aryl methyl sites for hydroxylation is 1.